The highest BCUT2D eigenvalue weighted by atomic mass is 19.3. The molecular formula is C7H7F2N3O3. The topological polar surface area (TPSA) is 91.3 Å². The first-order valence-electron chi connectivity index (χ1n) is 3.74. The lowest BCUT2D eigenvalue weighted by Gasteiger charge is -2.06. The Kier molecular flexibility index (Phi) is 2.98. The standard InChI is InChI=1S/C7H7F2N3O3/c1-15-4-2-3(6(8)9)5(12(13)14)7(10)11-4/h2,6H,1H3,(H2,10,11). The van der Waals surface area contributed by atoms with Crippen LogP contribution < -0.4 is 10.5 Å². The number of rotatable bonds is 3. The molecule has 0 amide bonds. The van der Waals surface area contributed by atoms with Crippen molar-refractivity contribution < 1.29 is 18.4 Å². The smallest absolute Gasteiger partial charge is 0.320 e. The molecule has 0 unspecified atom stereocenters. The van der Waals surface area contributed by atoms with Crippen LogP contribution in [0.4, 0.5) is 20.3 Å². The van der Waals surface area contributed by atoms with Crippen LogP contribution in [0.15, 0.2) is 6.07 Å². The van der Waals surface area contributed by atoms with E-state index in [0.29, 0.717) is 0 Å². The van der Waals surface area contributed by atoms with Gasteiger partial charge in [0.15, 0.2) is 0 Å². The summed E-state index contributed by atoms with van der Waals surface area (Å²) in [5, 5.41) is 10.5. The predicted molar refractivity (Wildman–Crippen MR) is 46.8 cm³/mol. The minimum absolute atomic E-state index is 0.187. The van der Waals surface area contributed by atoms with E-state index in [-0.39, 0.29) is 5.88 Å². The van der Waals surface area contributed by atoms with Crippen LogP contribution >= 0.6 is 0 Å². The van der Waals surface area contributed by atoms with Gasteiger partial charge in [0.25, 0.3) is 6.43 Å². The Labute approximate surface area is 82.8 Å². The van der Waals surface area contributed by atoms with Crippen molar-refractivity contribution in [2.75, 3.05) is 12.8 Å². The Bertz CT molecular complexity index is 397. The minimum Gasteiger partial charge on any atom is -0.481 e. The molecule has 0 aliphatic carbocycles. The maximum absolute atomic E-state index is 12.4. The maximum atomic E-state index is 12.4. The molecule has 1 heterocycles. The third-order valence-electron chi connectivity index (χ3n) is 1.65. The van der Waals surface area contributed by atoms with E-state index in [0.717, 1.165) is 6.07 Å². The van der Waals surface area contributed by atoms with E-state index in [9.17, 15) is 18.9 Å². The lowest BCUT2D eigenvalue weighted by Crippen LogP contribution is -2.04. The summed E-state index contributed by atoms with van der Waals surface area (Å²) in [5.41, 5.74) is 3.49. The molecule has 0 atom stereocenters. The van der Waals surface area contributed by atoms with Crippen LogP contribution in [0.25, 0.3) is 0 Å². The fourth-order valence-corrected chi connectivity index (χ4v) is 1.02. The Balaban J connectivity index is 3.42. The van der Waals surface area contributed by atoms with Crippen LogP contribution in [0, 0.1) is 10.1 Å². The maximum Gasteiger partial charge on any atom is 0.320 e. The number of hydrogen-bond acceptors (Lipinski definition) is 5. The average molecular weight is 219 g/mol. The van der Waals surface area contributed by atoms with Crippen molar-refractivity contribution in [3.05, 3.63) is 21.7 Å². The highest BCUT2D eigenvalue weighted by molar-refractivity contribution is 5.59. The van der Waals surface area contributed by atoms with Gasteiger partial charge in [0, 0.05) is 6.07 Å². The monoisotopic (exact) mass is 219 g/mol. The summed E-state index contributed by atoms with van der Waals surface area (Å²) in [6.07, 6.45) is -3.01. The molecule has 15 heavy (non-hydrogen) atoms. The van der Waals surface area contributed by atoms with E-state index in [2.05, 4.69) is 9.72 Å². The van der Waals surface area contributed by atoms with Crippen molar-refractivity contribution in [3.63, 3.8) is 0 Å². The summed E-state index contributed by atoms with van der Waals surface area (Å²) in [5.74, 6) is -0.775. The zero-order valence-corrected chi connectivity index (χ0v) is 7.61. The van der Waals surface area contributed by atoms with Gasteiger partial charge in [-0.25, -0.2) is 8.78 Å². The third kappa shape index (κ3) is 2.09. The van der Waals surface area contributed by atoms with Crippen molar-refractivity contribution in [1.82, 2.24) is 4.98 Å². The van der Waals surface area contributed by atoms with Crippen LogP contribution in [0.1, 0.15) is 12.0 Å². The summed E-state index contributed by atoms with van der Waals surface area (Å²) >= 11 is 0. The number of pyridine rings is 1. The summed E-state index contributed by atoms with van der Waals surface area (Å²) in [4.78, 5) is 12.9. The molecule has 2 N–H and O–H groups in total. The molecule has 0 fully saturated rings. The lowest BCUT2D eigenvalue weighted by molar-refractivity contribution is -0.385. The number of aromatic nitrogens is 1. The van der Waals surface area contributed by atoms with Gasteiger partial charge in [0.1, 0.15) is 5.56 Å². The minimum atomic E-state index is -3.01. The first-order valence-corrected chi connectivity index (χ1v) is 3.74. The molecule has 8 heteroatoms. The molecule has 1 aromatic heterocycles. The summed E-state index contributed by atoms with van der Waals surface area (Å²) < 4.78 is 29.5. The zero-order valence-electron chi connectivity index (χ0n) is 7.61. The second-order valence-electron chi connectivity index (χ2n) is 2.55. The molecule has 0 aromatic carbocycles. The average Bonchev–Trinajstić information content (AvgIpc) is 2.15. The van der Waals surface area contributed by atoms with Gasteiger partial charge >= 0.3 is 5.69 Å². The van der Waals surface area contributed by atoms with Gasteiger partial charge in [-0.15, -0.1) is 0 Å². The lowest BCUT2D eigenvalue weighted by atomic mass is 10.2. The van der Waals surface area contributed by atoms with Crippen molar-refractivity contribution in [1.29, 1.82) is 0 Å². The number of methoxy groups -OCH3 is 1. The number of halogens is 2. The molecular weight excluding hydrogens is 212 g/mol. The third-order valence-corrected chi connectivity index (χ3v) is 1.65. The Hall–Kier alpha value is -1.99. The zero-order chi connectivity index (χ0) is 11.6. The van der Waals surface area contributed by atoms with Crippen molar-refractivity contribution in [2.45, 2.75) is 6.43 Å². The quantitative estimate of drug-likeness (QED) is 0.614. The van der Waals surface area contributed by atoms with E-state index in [1.165, 1.54) is 7.11 Å². The van der Waals surface area contributed by atoms with Crippen molar-refractivity contribution in [2.24, 2.45) is 0 Å². The van der Waals surface area contributed by atoms with Gasteiger partial charge in [-0.1, -0.05) is 0 Å². The molecule has 0 aliphatic rings. The molecule has 0 saturated carbocycles. The van der Waals surface area contributed by atoms with Gasteiger partial charge in [-0.3, -0.25) is 10.1 Å². The van der Waals surface area contributed by atoms with Gasteiger partial charge in [0.2, 0.25) is 11.7 Å². The normalized spacial score (nSPS) is 10.4. The second-order valence-corrected chi connectivity index (χ2v) is 2.55. The molecule has 0 aliphatic heterocycles. The number of nitrogens with two attached hydrogens (primary N) is 1. The number of nitrogens with zero attached hydrogens (tertiary/aromatic N) is 2. The molecule has 0 radical (unpaired) electrons. The van der Waals surface area contributed by atoms with Crippen LogP contribution in [0.2, 0.25) is 0 Å². The molecule has 0 saturated heterocycles. The van der Waals surface area contributed by atoms with Crippen LogP contribution in [-0.4, -0.2) is 17.0 Å². The number of hydrogen-bond donors (Lipinski definition) is 1. The summed E-state index contributed by atoms with van der Waals surface area (Å²) in [7, 11) is 1.20. The summed E-state index contributed by atoms with van der Waals surface area (Å²) in [6, 6.07) is 0.791. The number of nitrogen functional groups attached to an aromatic ring is 1. The molecule has 1 rings (SSSR count). The van der Waals surface area contributed by atoms with Gasteiger partial charge in [-0.2, -0.15) is 4.98 Å². The van der Waals surface area contributed by atoms with E-state index in [1.54, 1.807) is 0 Å². The van der Waals surface area contributed by atoms with Crippen LogP contribution in [0.5, 0.6) is 5.88 Å². The highest BCUT2D eigenvalue weighted by Crippen LogP contribution is 2.34. The Morgan fingerprint density at radius 3 is 2.67 bits per heavy atom. The fraction of sp³-hybridized carbons (Fsp3) is 0.286. The number of nitro groups is 1. The van der Waals surface area contributed by atoms with E-state index < -0.39 is 28.4 Å². The van der Waals surface area contributed by atoms with Crippen molar-refractivity contribution >= 4 is 11.5 Å². The first kappa shape index (κ1) is 11.1. The van der Waals surface area contributed by atoms with E-state index in [4.69, 9.17) is 5.73 Å². The SMILES string of the molecule is COc1cc(C(F)F)c([N+](=O)[O-])c(N)n1. The van der Waals surface area contributed by atoms with Crippen LogP contribution in [0.3, 0.4) is 0 Å². The van der Waals surface area contributed by atoms with Gasteiger partial charge in [-0.05, 0) is 0 Å². The first-order chi connectivity index (χ1) is 6.97. The summed E-state index contributed by atoms with van der Waals surface area (Å²) in [6.45, 7) is 0. The fourth-order valence-electron chi connectivity index (χ4n) is 1.02. The van der Waals surface area contributed by atoms with Gasteiger partial charge < -0.3 is 10.5 Å². The Morgan fingerprint density at radius 2 is 2.27 bits per heavy atom. The predicted octanol–water partition coefficient (Wildman–Crippen LogP) is 1.52. The molecule has 6 nitrogen and oxygen atoms in total. The van der Waals surface area contributed by atoms with Gasteiger partial charge in [0.05, 0.1) is 12.0 Å². The molecule has 1 aromatic rings. The Morgan fingerprint density at radius 1 is 1.67 bits per heavy atom. The second kappa shape index (κ2) is 4.03. The van der Waals surface area contributed by atoms with E-state index >= 15 is 0 Å². The molecule has 0 bridgehead atoms. The largest absolute Gasteiger partial charge is 0.481 e. The van der Waals surface area contributed by atoms with Crippen molar-refractivity contribution in [3.8, 4) is 5.88 Å². The molecule has 82 valence electrons. The molecule has 0 spiro atoms. The van der Waals surface area contributed by atoms with Crippen LogP contribution in [-0.2, 0) is 0 Å². The number of alkyl halides is 2. The highest BCUT2D eigenvalue weighted by Gasteiger charge is 2.27. The number of ether oxygens (including phenoxy) is 1. The van der Waals surface area contributed by atoms with E-state index in [1.807, 2.05) is 0 Å². The number of anilines is 1.